The fraction of sp³-hybridized carbons (Fsp3) is 0.579. The summed E-state index contributed by atoms with van der Waals surface area (Å²) in [4.78, 5) is 24.9. The van der Waals surface area contributed by atoms with Crippen LogP contribution in [0.1, 0.15) is 33.1 Å². The first kappa shape index (κ1) is 22.3. The van der Waals surface area contributed by atoms with Crippen molar-refractivity contribution < 1.29 is 22.7 Å². The number of rotatable bonds is 7. The normalized spacial score (nSPS) is 19.9. The summed E-state index contributed by atoms with van der Waals surface area (Å²) < 4.78 is 32.1. The van der Waals surface area contributed by atoms with E-state index in [1.54, 1.807) is 12.1 Å². The van der Waals surface area contributed by atoms with E-state index < -0.39 is 22.1 Å². The predicted molar refractivity (Wildman–Crippen MR) is 105 cm³/mol. The second kappa shape index (κ2) is 9.49. The number of methoxy groups -OCH3 is 1. The number of ether oxygens (including phenoxy) is 1. The second-order valence-corrected chi connectivity index (χ2v) is 9.36. The lowest BCUT2D eigenvalue weighted by Crippen LogP contribution is -2.50. The molecule has 1 aromatic carbocycles. The Morgan fingerprint density at radius 2 is 2.11 bits per heavy atom. The molecule has 1 aromatic rings. The maximum absolute atomic E-state index is 12.9. The largest absolute Gasteiger partial charge is 0.497 e. The van der Waals surface area contributed by atoms with Crippen LogP contribution < -0.4 is 15.8 Å². The zero-order chi connectivity index (χ0) is 20.9. The Morgan fingerprint density at radius 1 is 1.39 bits per heavy atom. The van der Waals surface area contributed by atoms with Crippen LogP contribution in [0.3, 0.4) is 0 Å². The molecule has 156 valence electrons. The Balaban J connectivity index is 2.10. The van der Waals surface area contributed by atoms with Crippen LogP contribution in [0.25, 0.3) is 0 Å². The highest BCUT2D eigenvalue weighted by Gasteiger charge is 2.33. The van der Waals surface area contributed by atoms with Gasteiger partial charge in [-0.05, 0) is 37.3 Å². The summed E-state index contributed by atoms with van der Waals surface area (Å²) in [6, 6.07) is 4.72. The van der Waals surface area contributed by atoms with Crippen LogP contribution in [0.15, 0.2) is 29.2 Å². The zero-order valence-corrected chi connectivity index (χ0v) is 17.4. The molecule has 9 heteroatoms. The van der Waals surface area contributed by atoms with Gasteiger partial charge < -0.3 is 15.8 Å². The fourth-order valence-corrected chi connectivity index (χ4v) is 4.64. The van der Waals surface area contributed by atoms with Gasteiger partial charge in [-0.25, -0.2) is 8.42 Å². The van der Waals surface area contributed by atoms with Gasteiger partial charge in [-0.3, -0.25) is 9.59 Å². The minimum absolute atomic E-state index is 0.0705. The first-order valence-corrected chi connectivity index (χ1v) is 10.8. The topological polar surface area (TPSA) is 119 Å². The molecular formula is C19H29N3O5S. The molecule has 1 amide bonds. The Morgan fingerprint density at radius 3 is 2.75 bits per heavy atom. The van der Waals surface area contributed by atoms with Crippen molar-refractivity contribution in [2.75, 3.05) is 20.2 Å². The Bertz CT molecular complexity index is 810. The van der Waals surface area contributed by atoms with E-state index in [9.17, 15) is 18.0 Å². The van der Waals surface area contributed by atoms with Gasteiger partial charge in [-0.2, -0.15) is 4.31 Å². The number of carbonyl (C=O) groups is 2. The van der Waals surface area contributed by atoms with E-state index in [0.717, 1.165) is 4.31 Å². The number of carbonyl (C=O) groups excluding carboxylic acids is 2. The minimum atomic E-state index is -3.84. The van der Waals surface area contributed by atoms with E-state index in [4.69, 9.17) is 10.5 Å². The number of sulfonamides is 1. The molecular weight excluding hydrogens is 382 g/mol. The number of Topliss-reactive ketones (excluding diaryl/α,β-unsaturated/α-hetero) is 1. The monoisotopic (exact) mass is 411 g/mol. The van der Waals surface area contributed by atoms with Crippen LogP contribution in [-0.2, 0) is 19.6 Å². The molecule has 1 heterocycles. The molecule has 3 N–H and O–H groups in total. The summed E-state index contributed by atoms with van der Waals surface area (Å²) in [7, 11) is -2.38. The lowest BCUT2D eigenvalue weighted by molar-refractivity contribution is -0.128. The molecule has 2 atom stereocenters. The molecule has 28 heavy (non-hydrogen) atoms. The number of hydrogen-bond acceptors (Lipinski definition) is 6. The molecule has 1 saturated heterocycles. The van der Waals surface area contributed by atoms with Crippen LogP contribution in [0.2, 0.25) is 0 Å². The van der Waals surface area contributed by atoms with Gasteiger partial charge in [0.25, 0.3) is 0 Å². The third-order valence-corrected chi connectivity index (χ3v) is 6.52. The van der Waals surface area contributed by atoms with Crippen LogP contribution in [0.4, 0.5) is 0 Å². The summed E-state index contributed by atoms with van der Waals surface area (Å²) in [6.45, 7) is 3.84. The molecule has 0 saturated carbocycles. The molecule has 0 aromatic heterocycles. The van der Waals surface area contributed by atoms with E-state index in [1.807, 2.05) is 13.8 Å². The molecule has 2 rings (SSSR count). The Kier molecular flexibility index (Phi) is 7.56. The summed E-state index contributed by atoms with van der Waals surface area (Å²) >= 11 is 0. The third-order valence-electron chi connectivity index (χ3n) is 4.68. The number of ketones is 1. The van der Waals surface area contributed by atoms with E-state index in [0.29, 0.717) is 25.0 Å². The first-order chi connectivity index (χ1) is 13.1. The van der Waals surface area contributed by atoms with Crippen LogP contribution in [0, 0.1) is 5.92 Å². The van der Waals surface area contributed by atoms with Gasteiger partial charge >= 0.3 is 0 Å². The van der Waals surface area contributed by atoms with Gasteiger partial charge in [0.15, 0.2) is 5.78 Å². The van der Waals surface area contributed by atoms with E-state index in [2.05, 4.69) is 5.32 Å². The number of nitrogens with zero attached hydrogens (tertiary/aromatic N) is 1. The van der Waals surface area contributed by atoms with Crippen LogP contribution >= 0.6 is 0 Å². The molecule has 1 unspecified atom stereocenters. The molecule has 1 aliphatic rings. The summed E-state index contributed by atoms with van der Waals surface area (Å²) in [5, 5.41) is 2.69. The minimum Gasteiger partial charge on any atom is -0.497 e. The van der Waals surface area contributed by atoms with Gasteiger partial charge in [0.05, 0.1) is 30.6 Å². The van der Waals surface area contributed by atoms with Crippen molar-refractivity contribution in [1.82, 2.24) is 9.62 Å². The summed E-state index contributed by atoms with van der Waals surface area (Å²) in [5.74, 6) is -0.0363. The molecule has 1 fully saturated rings. The number of nitrogens with two attached hydrogens (primary N) is 1. The van der Waals surface area contributed by atoms with Crippen molar-refractivity contribution in [2.45, 2.75) is 50.1 Å². The maximum atomic E-state index is 12.9. The third kappa shape index (κ3) is 5.52. The number of nitrogens with one attached hydrogen (secondary N) is 1. The number of hydrogen-bond donors (Lipinski definition) is 2. The number of amides is 1. The summed E-state index contributed by atoms with van der Waals surface area (Å²) in [6.07, 6.45) is 1.35. The maximum Gasteiger partial charge on any atom is 0.243 e. The van der Waals surface area contributed by atoms with Crippen molar-refractivity contribution in [3.8, 4) is 5.75 Å². The number of benzene rings is 1. The molecule has 0 radical (unpaired) electrons. The van der Waals surface area contributed by atoms with Crippen molar-refractivity contribution in [2.24, 2.45) is 11.7 Å². The van der Waals surface area contributed by atoms with Crippen LogP contribution in [-0.4, -0.2) is 56.7 Å². The van der Waals surface area contributed by atoms with Crippen molar-refractivity contribution in [1.29, 1.82) is 0 Å². The highest BCUT2D eigenvalue weighted by molar-refractivity contribution is 7.89. The van der Waals surface area contributed by atoms with Gasteiger partial charge in [0, 0.05) is 12.6 Å². The zero-order valence-electron chi connectivity index (χ0n) is 16.6. The second-order valence-electron chi connectivity index (χ2n) is 7.42. The van der Waals surface area contributed by atoms with E-state index >= 15 is 0 Å². The van der Waals surface area contributed by atoms with Crippen LogP contribution in [0.5, 0.6) is 5.75 Å². The molecule has 0 aliphatic carbocycles. The molecule has 1 aliphatic heterocycles. The smallest absolute Gasteiger partial charge is 0.243 e. The lowest BCUT2D eigenvalue weighted by Gasteiger charge is -2.21. The van der Waals surface area contributed by atoms with E-state index in [-0.39, 0.29) is 35.6 Å². The molecule has 8 nitrogen and oxygen atoms in total. The lowest BCUT2D eigenvalue weighted by atomic mass is 10.0. The standard InChI is InChI=1S/C19H29N3O5S/c1-13(2)10-16(20)19(24)21-17-8-5-9-22(12-18(17)23)28(25,26)15-7-4-6-14(11-15)27-3/h4,6-7,11,13,16-17H,5,8-10,12,20H2,1-3H3,(H,21,24)/t16-,17?/m0/s1. The van der Waals surface area contributed by atoms with Gasteiger partial charge in [0.2, 0.25) is 15.9 Å². The van der Waals surface area contributed by atoms with Gasteiger partial charge in [-0.15, -0.1) is 0 Å². The average molecular weight is 412 g/mol. The SMILES string of the molecule is COc1cccc(S(=O)(=O)N2CCCC(NC(=O)[C@@H](N)CC(C)C)C(=O)C2)c1. The van der Waals surface area contributed by atoms with Crippen molar-refractivity contribution in [3.05, 3.63) is 24.3 Å². The van der Waals surface area contributed by atoms with Gasteiger partial charge in [0.1, 0.15) is 5.75 Å². The molecule has 0 spiro atoms. The quantitative estimate of drug-likeness (QED) is 0.688. The summed E-state index contributed by atoms with van der Waals surface area (Å²) in [5.41, 5.74) is 5.88. The predicted octanol–water partition coefficient (Wildman–Crippen LogP) is 0.907. The molecule has 0 bridgehead atoms. The highest BCUT2D eigenvalue weighted by atomic mass is 32.2. The van der Waals surface area contributed by atoms with Crippen molar-refractivity contribution >= 4 is 21.7 Å². The Labute approximate surface area is 166 Å². The van der Waals surface area contributed by atoms with Gasteiger partial charge in [-0.1, -0.05) is 19.9 Å². The van der Waals surface area contributed by atoms with E-state index in [1.165, 1.54) is 19.2 Å². The highest BCUT2D eigenvalue weighted by Crippen LogP contribution is 2.23. The Hall–Kier alpha value is -1.97. The van der Waals surface area contributed by atoms with Crippen molar-refractivity contribution in [3.63, 3.8) is 0 Å². The first-order valence-electron chi connectivity index (χ1n) is 9.38. The average Bonchev–Trinajstić information content (AvgIpc) is 2.83. The fourth-order valence-electron chi connectivity index (χ4n) is 3.16.